The minimum atomic E-state index is -0.477. The first-order valence-electron chi connectivity index (χ1n) is 8.87. The lowest BCUT2D eigenvalue weighted by atomic mass is 9.95. The number of benzene rings is 2. The van der Waals surface area contributed by atoms with E-state index in [4.69, 9.17) is 4.74 Å². The van der Waals surface area contributed by atoms with Crippen molar-refractivity contribution in [2.45, 2.75) is 24.8 Å². The van der Waals surface area contributed by atoms with Crippen LogP contribution in [0, 0.1) is 5.82 Å². The average Bonchev–Trinajstić information content (AvgIpc) is 3.52. The number of hydrogen-bond donors (Lipinski definition) is 1. The van der Waals surface area contributed by atoms with E-state index in [0.717, 1.165) is 18.4 Å². The Hall–Kier alpha value is -3.21. The molecular formula is C22H19FN2O2. The second kappa shape index (κ2) is 7.19. The molecule has 27 heavy (non-hydrogen) atoms. The monoisotopic (exact) mass is 362 g/mol. The van der Waals surface area contributed by atoms with Crippen LogP contribution in [-0.4, -0.2) is 10.9 Å². The maximum atomic E-state index is 14.3. The third-order valence-corrected chi connectivity index (χ3v) is 4.82. The van der Waals surface area contributed by atoms with Gasteiger partial charge in [0.2, 0.25) is 5.91 Å². The summed E-state index contributed by atoms with van der Waals surface area (Å²) in [5.74, 6) is 0.108. The highest BCUT2D eigenvalue weighted by molar-refractivity contribution is 5.91. The van der Waals surface area contributed by atoms with Crippen molar-refractivity contribution in [1.82, 2.24) is 10.3 Å². The molecule has 5 heteroatoms. The van der Waals surface area contributed by atoms with Crippen molar-refractivity contribution in [2.75, 3.05) is 0 Å². The lowest BCUT2D eigenvalue weighted by molar-refractivity contribution is -0.123. The standard InChI is InChI=1S/C22H19FN2O2/c23-19-13-16(8-9-20(19)27-18-7-4-12-24-15-18)14-25-21(26)22(10-11-22)17-5-2-1-3-6-17/h1-9,12-13,15H,10-11,14H2,(H,25,26). The molecule has 1 aliphatic carbocycles. The maximum Gasteiger partial charge on any atom is 0.230 e. The predicted octanol–water partition coefficient (Wildman–Crippen LogP) is 4.36. The van der Waals surface area contributed by atoms with Crippen molar-refractivity contribution in [3.63, 3.8) is 0 Å². The summed E-state index contributed by atoms with van der Waals surface area (Å²) >= 11 is 0. The van der Waals surface area contributed by atoms with Crippen LogP contribution >= 0.6 is 0 Å². The normalized spacial score (nSPS) is 14.4. The van der Waals surface area contributed by atoms with Gasteiger partial charge in [-0.2, -0.15) is 0 Å². The highest BCUT2D eigenvalue weighted by Crippen LogP contribution is 2.48. The topological polar surface area (TPSA) is 51.2 Å². The molecule has 2 aromatic carbocycles. The number of aromatic nitrogens is 1. The summed E-state index contributed by atoms with van der Waals surface area (Å²) in [6, 6.07) is 17.9. The molecule has 4 nitrogen and oxygen atoms in total. The zero-order valence-electron chi connectivity index (χ0n) is 14.7. The lowest BCUT2D eigenvalue weighted by Crippen LogP contribution is -2.34. The molecule has 0 atom stereocenters. The number of pyridine rings is 1. The first-order valence-corrected chi connectivity index (χ1v) is 8.87. The summed E-state index contributed by atoms with van der Waals surface area (Å²) in [6.07, 6.45) is 4.83. The van der Waals surface area contributed by atoms with Crippen LogP contribution in [0.5, 0.6) is 11.5 Å². The van der Waals surface area contributed by atoms with Crippen LogP contribution in [0.15, 0.2) is 73.1 Å². The Morgan fingerprint density at radius 1 is 1.11 bits per heavy atom. The van der Waals surface area contributed by atoms with Crippen LogP contribution in [0.2, 0.25) is 0 Å². The zero-order chi connectivity index (χ0) is 18.7. The van der Waals surface area contributed by atoms with Gasteiger partial charge in [-0.05, 0) is 48.2 Å². The van der Waals surface area contributed by atoms with Gasteiger partial charge in [-0.3, -0.25) is 9.78 Å². The van der Waals surface area contributed by atoms with Crippen LogP contribution in [0.3, 0.4) is 0 Å². The largest absolute Gasteiger partial charge is 0.453 e. The average molecular weight is 362 g/mol. The van der Waals surface area contributed by atoms with Crippen molar-refractivity contribution in [3.05, 3.63) is 90.0 Å². The van der Waals surface area contributed by atoms with Crippen LogP contribution < -0.4 is 10.1 Å². The number of nitrogens with zero attached hydrogens (tertiary/aromatic N) is 1. The summed E-state index contributed by atoms with van der Waals surface area (Å²) in [4.78, 5) is 16.6. The number of amides is 1. The fourth-order valence-corrected chi connectivity index (χ4v) is 3.15. The number of halogens is 1. The molecule has 0 aliphatic heterocycles. The zero-order valence-corrected chi connectivity index (χ0v) is 14.7. The molecule has 3 aromatic rings. The summed E-state index contributed by atoms with van der Waals surface area (Å²) in [7, 11) is 0. The van der Waals surface area contributed by atoms with Gasteiger partial charge in [-0.1, -0.05) is 36.4 Å². The fraction of sp³-hybridized carbons (Fsp3) is 0.182. The van der Waals surface area contributed by atoms with Crippen molar-refractivity contribution in [3.8, 4) is 11.5 Å². The summed E-state index contributed by atoms with van der Waals surface area (Å²) in [5.41, 5.74) is 1.29. The van der Waals surface area contributed by atoms with Crippen molar-refractivity contribution >= 4 is 5.91 Å². The van der Waals surface area contributed by atoms with Gasteiger partial charge in [0, 0.05) is 12.7 Å². The van der Waals surface area contributed by atoms with Crippen LogP contribution in [0.1, 0.15) is 24.0 Å². The maximum absolute atomic E-state index is 14.3. The Balaban J connectivity index is 1.40. The molecule has 1 aliphatic rings. The van der Waals surface area contributed by atoms with E-state index in [9.17, 15) is 9.18 Å². The van der Waals surface area contributed by atoms with Gasteiger partial charge < -0.3 is 10.1 Å². The Labute approximate surface area is 157 Å². The number of carbonyl (C=O) groups excluding carboxylic acids is 1. The molecule has 1 amide bonds. The number of hydrogen-bond acceptors (Lipinski definition) is 3. The van der Waals surface area contributed by atoms with Crippen LogP contribution in [0.25, 0.3) is 0 Å². The molecule has 0 saturated heterocycles. The fourth-order valence-electron chi connectivity index (χ4n) is 3.15. The third kappa shape index (κ3) is 3.67. The summed E-state index contributed by atoms with van der Waals surface area (Å²) in [5, 5.41) is 2.94. The second-order valence-corrected chi connectivity index (χ2v) is 6.69. The van der Waals surface area contributed by atoms with Crippen LogP contribution in [0.4, 0.5) is 4.39 Å². The lowest BCUT2D eigenvalue weighted by Gasteiger charge is -2.16. The van der Waals surface area contributed by atoms with E-state index < -0.39 is 11.2 Å². The van der Waals surface area contributed by atoms with Gasteiger partial charge >= 0.3 is 0 Å². The highest BCUT2D eigenvalue weighted by Gasteiger charge is 2.50. The second-order valence-electron chi connectivity index (χ2n) is 6.69. The van der Waals surface area contributed by atoms with Crippen molar-refractivity contribution < 1.29 is 13.9 Å². The highest BCUT2D eigenvalue weighted by atomic mass is 19.1. The number of carbonyl (C=O) groups is 1. The quantitative estimate of drug-likeness (QED) is 0.709. The molecule has 0 bridgehead atoms. The smallest absolute Gasteiger partial charge is 0.230 e. The third-order valence-electron chi connectivity index (χ3n) is 4.82. The van der Waals surface area contributed by atoms with E-state index in [2.05, 4.69) is 10.3 Å². The van der Waals surface area contributed by atoms with Crippen LogP contribution in [-0.2, 0) is 16.8 Å². The van der Waals surface area contributed by atoms with E-state index >= 15 is 0 Å². The Bertz CT molecular complexity index is 941. The molecule has 1 aromatic heterocycles. The first-order chi connectivity index (χ1) is 13.2. The summed E-state index contributed by atoms with van der Waals surface area (Å²) < 4.78 is 19.8. The molecule has 0 spiro atoms. The number of ether oxygens (including phenoxy) is 1. The van der Waals surface area contributed by atoms with Gasteiger partial charge in [-0.15, -0.1) is 0 Å². The van der Waals surface area contributed by atoms with Gasteiger partial charge in [0.1, 0.15) is 5.75 Å². The molecule has 0 unspecified atom stereocenters. The van der Waals surface area contributed by atoms with Crippen molar-refractivity contribution in [1.29, 1.82) is 0 Å². The number of nitrogens with one attached hydrogen (secondary N) is 1. The Morgan fingerprint density at radius 2 is 1.93 bits per heavy atom. The van der Waals surface area contributed by atoms with E-state index in [1.54, 1.807) is 30.5 Å². The molecular weight excluding hydrogens is 343 g/mol. The Morgan fingerprint density at radius 3 is 2.59 bits per heavy atom. The first kappa shape index (κ1) is 17.2. The van der Waals surface area contributed by atoms with E-state index in [1.165, 1.54) is 12.3 Å². The number of rotatable bonds is 6. The van der Waals surface area contributed by atoms with Gasteiger partial charge in [-0.25, -0.2) is 4.39 Å². The molecule has 0 radical (unpaired) electrons. The van der Waals surface area contributed by atoms with E-state index in [0.29, 0.717) is 11.3 Å². The van der Waals surface area contributed by atoms with Gasteiger partial charge in [0.25, 0.3) is 0 Å². The van der Waals surface area contributed by atoms with E-state index in [-0.39, 0.29) is 18.2 Å². The molecule has 4 rings (SSSR count). The molecule has 1 saturated carbocycles. The summed E-state index contributed by atoms with van der Waals surface area (Å²) in [6.45, 7) is 0.275. The minimum absolute atomic E-state index is 0.00945. The van der Waals surface area contributed by atoms with E-state index in [1.807, 2.05) is 30.3 Å². The molecule has 1 fully saturated rings. The molecule has 1 N–H and O–H groups in total. The van der Waals surface area contributed by atoms with Crippen molar-refractivity contribution in [2.24, 2.45) is 0 Å². The predicted molar refractivity (Wildman–Crippen MR) is 99.9 cm³/mol. The van der Waals surface area contributed by atoms with Gasteiger partial charge in [0.15, 0.2) is 11.6 Å². The molecule has 136 valence electrons. The van der Waals surface area contributed by atoms with Gasteiger partial charge in [0.05, 0.1) is 11.6 Å². The SMILES string of the molecule is O=C(NCc1ccc(Oc2cccnc2)c(F)c1)C1(c2ccccc2)CC1. The minimum Gasteiger partial charge on any atom is -0.453 e. The Kier molecular flexibility index (Phi) is 4.59. The molecule has 1 heterocycles.